The van der Waals surface area contributed by atoms with Gasteiger partial charge in [0, 0.05) is 43.2 Å². The molecule has 0 saturated carbocycles. The maximum atomic E-state index is 6.28. The van der Waals surface area contributed by atoms with Crippen molar-refractivity contribution >= 4 is 28.3 Å². The number of halogens is 1. The van der Waals surface area contributed by atoms with Crippen LogP contribution in [0, 0.1) is 0 Å². The molecule has 32 heavy (non-hydrogen) atoms. The van der Waals surface area contributed by atoms with Crippen LogP contribution in [-0.2, 0) is 0 Å². The molecule has 8 heteroatoms. The molecule has 7 nitrogen and oxygen atoms in total. The summed E-state index contributed by atoms with van der Waals surface area (Å²) in [4.78, 5) is 14.0. The fourth-order valence-corrected chi connectivity index (χ4v) is 4.90. The van der Waals surface area contributed by atoms with Gasteiger partial charge in [-0.2, -0.15) is 0 Å². The van der Waals surface area contributed by atoms with Gasteiger partial charge in [0.2, 0.25) is 5.28 Å². The van der Waals surface area contributed by atoms with E-state index in [9.17, 15) is 0 Å². The number of aromatic nitrogens is 2. The van der Waals surface area contributed by atoms with Gasteiger partial charge in [-0.05, 0) is 76.7 Å². The van der Waals surface area contributed by atoms with E-state index in [1.807, 2.05) is 12.1 Å². The molecule has 0 radical (unpaired) electrons. The zero-order valence-electron chi connectivity index (χ0n) is 19.6. The summed E-state index contributed by atoms with van der Waals surface area (Å²) in [5.74, 6) is 2.16. The summed E-state index contributed by atoms with van der Waals surface area (Å²) in [6.07, 6.45) is 5.78. The van der Waals surface area contributed by atoms with Gasteiger partial charge in [0.15, 0.2) is 11.5 Å². The van der Waals surface area contributed by atoms with Crippen molar-refractivity contribution in [2.45, 2.75) is 58.0 Å². The van der Waals surface area contributed by atoms with E-state index < -0.39 is 0 Å². The van der Waals surface area contributed by atoms with Crippen molar-refractivity contribution in [1.82, 2.24) is 19.8 Å². The van der Waals surface area contributed by atoms with E-state index in [2.05, 4.69) is 38.9 Å². The molecular weight excluding hydrogens is 426 g/mol. The van der Waals surface area contributed by atoms with Crippen molar-refractivity contribution < 1.29 is 9.47 Å². The largest absolute Gasteiger partial charge is 0.493 e. The Bertz CT molecular complexity index is 896. The van der Waals surface area contributed by atoms with E-state index in [0.717, 1.165) is 55.6 Å². The highest BCUT2D eigenvalue weighted by Gasteiger charge is 2.22. The van der Waals surface area contributed by atoms with Crippen LogP contribution in [0.1, 0.15) is 46.0 Å². The van der Waals surface area contributed by atoms with Gasteiger partial charge in [-0.1, -0.05) is 0 Å². The van der Waals surface area contributed by atoms with E-state index in [1.54, 1.807) is 7.11 Å². The van der Waals surface area contributed by atoms with Crippen molar-refractivity contribution in [3.05, 3.63) is 17.4 Å². The molecule has 0 spiro atoms. The number of anilines is 1. The molecule has 0 atom stereocenters. The molecule has 2 aromatic rings. The first-order valence-corrected chi connectivity index (χ1v) is 12.3. The van der Waals surface area contributed by atoms with E-state index in [1.165, 1.54) is 25.9 Å². The third kappa shape index (κ3) is 5.74. The van der Waals surface area contributed by atoms with Gasteiger partial charge in [0.1, 0.15) is 5.82 Å². The Labute approximate surface area is 196 Å². The summed E-state index contributed by atoms with van der Waals surface area (Å²) in [6, 6.07) is 4.84. The topological polar surface area (TPSA) is 62.8 Å². The number of benzene rings is 1. The van der Waals surface area contributed by atoms with Crippen LogP contribution in [0.3, 0.4) is 0 Å². The average molecular weight is 462 g/mol. The Morgan fingerprint density at radius 2 is 1.84 bits per heavy atom. The van der Waals surface area contributed by atoms with Crippen molar-refractivity contribution in [2.75, 3.05) is 51.8 Å². The van der Waals surface area contributed by atoms with Gasteiger partial charge >= 0.3 is 0 Å². The molecular formula is C24H36ClN5O2. The van der Waals surface area contributed by atoms with Crippen LogP contribution in [0.25, 0.3) is 10.9 Å². The van der Waals surface area contributed by atoms with Gasteiger partial charge in [-0.25, -0.2) is 9.97 Å². The van der Waals surface area contributed by atoms with E-state index in [-0.39, 0.29) is 5.28 Å². The van der Waals surface area contributed by atoms with Crippen LogP contribution in [0.15, 0.2) is 12.1 Å². The minimum atomic E-state index is 0.241. The van der Waals surface area contributed by atoms with Crippen LogP contribution < -0.4 is 14.8 Å². The van der Waals surface area contributed by atoms with E-state index >= 15 is 0 Å². The number of rotatable bonds is 9. The Morgan fingerprint density at radius 1 is 1.09 bits per heavy atom. The maximum absolute atomic E-state index is 6.28. The van der Waals surface area contributed by atoms with Crippen molar-refractivity contribution in [1.29, 1.82) is 0 Å². The lowest BCUT2D eigenvalue weighted by Crippen LogP contribution is -2.42. The highest BCUT2D eigenvalue weighted by molar-refractivity contribution is 6.28. The molecule has 0 aliphatic carbocycles. The van der Waals surface area contributed by atoms with Crippen molar-refractivity contribution in [3.8, 4) is 11.5 Å². The molecule has 0 amide bonds. The Balaban J connectivity index is 1.46. The van der Waals surface area contributed by atoms with Crippen molar-refractivity contribution in [2.24, 2.45) is 0 Å². The van der Waals surface area contributed by atoms with Crippen LogP contribution in [0.5, 0.6) is 11.5 Å². The summed E-state index contributed by atoms with van der Waals surface area (Å²) < 4.78 is 11.7. The Hall–Kier alpha value is -1.83. The van der Waals surface area contributed by atoms with Crippen LogP contribution >= 0.6 is 11.6 Å². The summed E-state index contributed by atoms with van der Waals surface area (Å²) >= 11 is 6.28. The van der Waals surface area contributed by atoms with E-state index in [4.69, 9.17) is 21.1 Å². The summed E-state index contributed by atoms with van der Waals surface area (Å²) in [7, 11) is 1.67. The summed E-state index contributed by atoms with van der Waals surface area (Å²) in [5.41, 5.74) is 0.766. The molecule has 0 bridgehead atoms. The zero-order valence-corrected chi connectivity index (χ0v) is 20.3. The first-order chi connectivity index (χ1) is 15.5. The number of methoxy groups -OCH3 is 1. The van der Waals surface area contributed by atoms with Crippen LogP contribution in [0.2, 0.25) is 5.28 Å². The molecule has 2 aliphatic heterocycles. The smallest absolute Gasteiger partial charge is 0.224 e. The first kappa shape index (κ1) is 23.3. The highest BCUT2D eigenvalue weighted by atomic mass is 35.5. The minimum Gasteiger partial charge on any atom is -0.493 e. The number of nitrogens with one attached hydrogen (secondary N) is 1. The van der Waals surface area contributed by atoms with Crippen molar-refractivity contribution in [3.63, 3.8) is 0 Å². The molecule has 2 aliphatic rings. The number of hydrogen-bond acceptors (Lipinski definition) is 7. The van der Waals surface area contributed by atoms with Gasteiger partial charge < -0.3 is 24.6 Å². The van der Waals surface area contributed by atoms with Gasteiger partial charge in [0.25, 0.3) is 0 Å². The lowest BCUT2D eigenvalue weighted by Gasteiger charge is -2.35. The van der Waals surface area contributed by atoms with Crippen LogP contribution in [0.4, 0.5) is 5.82 Å². The Morgan fingerprint density at radius 3 is 2.53 bits per heavy atom. The lowest BCUT2D eigenvalue weighted by atomic mass is 10.0. The average Bonchev–Trinajstić information content (AvgIpc) is 3.30. The number of fused-ring (bicyclic) bond motifs is 1. The molecule has 1 aromatic carbocycles. The zero-order chi connectivity index (χ0) is 22.5. The molecule has 2 fully saturated rings. The quantitative estimate of drug-likeness (QED) is 0.437. The van der Waals surface area contributed by atoms with Gasteiger partial charge in [0.05, 0.1) is 19.2 Å². The predicted molar refractivity (Wildman–Crippen MR) is 130 cm³/mol. The highest BCUT2D eigenvalue weighted by Crippen LogP contribution is 2.35. The second-order valence-electron chi connectivity index (χ2n) is 9.16. The number of hydrogen-bond donors (Lipinski definition) is 1. The molecule has 4 rings (SSSR count). The lowest BCUT2D eigenvalue weighted by molar-refractivity contribution is 0.177. The molecule has 0 unspecified atom stereocenters. The van der Waals surface area contributed by atoms with Gasteiger partial charge in [-0.3, -0.25) is 0 Å². The minimum absolute atomic E-state index is 0.241. The fourth-order valence-electron chi connectivity index (χ4n) is 4.72. The molecule has 2 saturated heterocycles. The molecule has 1 N–H and O–H groups in total. The Kier molecular flexibility index (Phi) is 7.92. The summed E-state index contributed by atoms with van der Waals surface area (Å²) in [5, 5.41) is 4.76. The number of ether oxygens (including phenoxy) is 2. The second-order valence-corrected chi connectivity index (χ2v) is 9.50. The van der Waals surface area contributed by atoms with Crippen LogP contribution in [-0.4, -0.2) is 78.3 Å². The third-order valence-corrected chi connectivity index (χ3v) is 6.80. The van der Waals surface area contributed by atoms with E-state index in [0.29, 0.717) is 30.2 Å². The molecule has 3 heterocycles. The molecule has 1 aromatic heterocycles. The van der Waals surface area contributed by atoms with Gasteiger partial charge in [-0.15, -0.1) is 0 Å². The second kappa shape index (κ2) is 10.9. The maximum Gasteiger partial charge on any atom is 0.224 e. The normalized spacial score (nSPS) is 18.5. The predicted octanol–water partition coefficient (Wildman–Crippen LogP) is 4.44. The number of nitrogens with zero attached hydrogens (tertiary/aromatic N) is 4. The first-order valence-electron chi connectivity index (χ1n) is 11.9. The number of likely N-dealkylation sites (tertiary alicyclic amines) is 2. The monoisotopic (exact) mass is 461 g/mol. The third-order valence-electron chi connectivity index (χ3n) is 6.63. The standard InChI is InChI=1S/C24H36ClN5O2/c1-17(2)30-12-7-18(8-13-30)26-23-19-15-21(31-3)22(16-20(19)27-24(25)28-23)32-14-6-11-29-9-4-5-10-29/h15-18H,4-14H2,1-3H3,(H,26,27,28). The fraction of sp³-hybridized carbons (Fsp3) is 0.667. The SMILES string of the molecule is COc1cc2c(NC3CCN(C(C)C)CC3)nc(Cl)nc2cc1OCCCN1CCCC1. The number of piperidine rings is 1. The summed E-state index contributed by atoms with van der Waals surface area (Å²) in [6.45, 7) is 10.8. The molecule has 176 valence electrons.